The Kier molecular flexibility index (Phi) is 5.37. The van der Waals surface area contributed by atoms with Crippen LogP contribution < -0.4 is 5.43 Å². The standard InChI is InChI=1S/C24H18N6O2S/c31-21-19(9-8-16-7-4-12-26-20(16)21)15-29-24(33)30(22(27-29)17-5-2-1-3-6-17)28-23(32)18-10-13-25-14-11-18/h1-14,31H,15H2,(H,28,32). The second-order valence-electron chi connectivity index (χ2n) is 7.29. The Morgan fingerprint density at radius 3 is 2.55 bits per heavy atom. The van der Waals surface area contributed by atoms with Crippen molar-refractivity contribution in [1.82, 2.24) is 24.4 Å². The zero-order chi connectivity index (χ0) is 22.8. The predicted octanol–water partition coefficient (Wildman–Crippen LogP) is 4.16. The van der Waals surface area contributed by atoms with Crippen LogP contribution in [-0.2, 0) is 6.54 Å². The van der Waals surface area contributed by atoms with Crippen LogP contribution in [0, 0.1) is 4.77 Å². The van der Waals surface area contributed by atoms with Gasteiger partial charge in [-0.05, 0) is 30.4 Å². The number of amides is 1. The third kappa shape index (κ3) is 3.97. The Balaban J connectivity index is 1.57. The first-order valence-electron chi connectivity index (χ1n) is 10.1. The number of fused-ring (bicyclic) bond motifs is 1. The summed E-state index contributed by atoms with van der Waals surface area (Å²) in [5.74, 6) is 0.205. The number of pyridine rings is 2. The maximum atomic E-state index is 12.8. The van der Waals surface area contributed by atoms with Gasteiger partial charge in [0.2, 0.25) is 4.77 Å². The molecule has 162 valence electrons. The molecule has 0 saturated heterocycles. The molecule has 0 radical (unpaired) electrons. The molecule has 0 atom stereocenters. The van der Waals surface area contributed by atoms with Gasteiger partial charge in [0.1, 0.15) is 11.3 Å². The summed E-state index contributed by atoms with van der Waals surface area (Å²) in [6.45, 7) is 0.204. The van der Waals surface area contributed by atoms with E-state index in [1.807, 2.05) is 54.6 Å². The number of nitrogens with zero attached hydrogens (tertiary/aromatic N) is 5. The highest BCUT2D eigenvalue weighted by atomic mass is 32.1. The van der Waals surface area contributed by atoms with Gasteiger partial charge in [-0.25, -0.2) is 9.36 Å². The molecule has 2 N–H and O–H groups in total. The van der Waals surface area contributed by atoms with Crippen molar-refractivity contribution in [2.45, 2.75) is 6.54 Å². The highest BCUT2D eigenvalue weighted by Crippen LogP contribution is 2.28. The van der Waals surface area contributed by atoms with Crippen LogP contribution in [0.5, 0.6) is 5.75 Å². The first kappa shape index (κ1) is 20.5. The van der Waals surface area contributed by atoms with Crippen LogP contribution in [0.15, 0.2) is 85.3 Å². The van der Waals surface area contributed by atoms with Gasteiger partial charge >= 0.3 is 0 Å². The SMILES string of the molecule is O=C(Nn1c(-c2ccccc2)nn(Cc2ccc3cccnc3c2O)c1=S)c1ccncc1. The second kappa shape index (κ2) is 8.64. The third-order valence-electron chi connectivity index (χ3n) is 5.18. The number of phenols is 1. The first-order chi connectivity index (χ1) is 16.1. The summed E-state index contributed by atoms with van der Waals surface area (Å²) >= 11 is 5.66. The van der Waals surface area contributed by atoms with Crippen molar-refractivity contribution < 1.29 is 9.90 Å². The molecule has 0 aliphatic carbocycles. The molecule has 9 heteroatoms. The Morgan fingerprint density at radius 1 is 0.970 bits per heavy atom. The normalized spacial score (nSPS) is 10.9. The maximum Gasteiger partial charge on any atom is 0.270 e. The van der Waals surface area contributed by atoms with Gasteiger partial charge in [0.05, 0.1) is 6.54 Å². The minimum Gasteiger partial charge on any atom is -0.505 e. The number of aromatic nitrogens is 5. The molecular formula is C24H18N6O2S. The van der Waals surface area contributed by atoms with E-state index in [-0.39, 0.29) is 23.0 Å². The molecule has 0 aliphatic rings. The summed E-state index contributed by atoms with van der Waals surface area (Å²) in [6.07, 6.45) is 4.73. The molecule has 2 aromatic carbocycles. The minimum absolute atomic E-state index is 0.0756. The smallest absolute Gasteiger partial charge is 0.270 e. The minimum atomic E-state index is -0.344. The van der Waals surface area contributed by atoms with E-state index in [1.165, 1.54) is 4.68 Å². The van der Waals surface area contributed by atoms with Crippen molar-refractivity contribution in [3.8, 4) is 17.1 Å². The lowest BCUT2D eigenvalue weighted by Crippen LogP contribution is -2.24. The number of carbonyl (C=O) groups is 1. The average Bonchev–Trinajstić information content (AvgIpc) is 3.17. The van der Waals surface area contributed by atoms with E-state index in [1.54, 1.807) is 35.4 Å². The summed E-state index contributed by atoms with van der Waals surface area (Å²) in [5.41, 5.74) is 5.18. The highest BCUT2D eigenvalue weighted by molar-refractivity contribution is 7.71. The quantitative estimate of drug-likeness (QED) is 0.387. The van der Waals surface area contributed by atoms with Crippen LogP contribution in [0.4, 0.5) is 0 Å². The molecule has 33 heavy (non-hydrogen) atoms. The van der Waals surface area contributed by atoms with E-state index in [0.29, 0.717) is 22.5 Å². The maximum absolute atomic E-state index is 12.8. The number of nitrogens with one attached hydrogen (secondary N) is 1. The molecule has 5 rings (SSSR count). The fourth-order valence-electron chi connectivity index (χ4n) is 3.52. The lowest BCUT2D eigenvalue weighted by atomic mass is 10.1. The van der Waals surface area contributed by atoms with Crippen LogP contribution in [0.2, 0.25) is 0 Å². The van der Waals surface area contributed by atoms with Gasteiger partial charge in [0.25, 0.3) is 5.91 Å². The van der Waals surface area contributed by atoms with Crippen LogP contribution in [0.3, 0.4) is 0 Å². The van der Waals surface area contributed by atoms with Crippen molar-refractivity contribution in [2.24, 2.45) is 0 Å². The van der Waals surface area contributed by atoms with Gasteiger partial charge in [0.15, 0.2) is 5.82 Å². The third-order valence-corrected chi connectivity index (χ3v) is 5.57. The fraction of sp³-hybridized carbons (Fsp3) is 0.0417. The predicted molar refractivity (Wildman–Crippen MR) is 127 cm³/mol. The van der Waals surface area contributed by atoms with E-state index in [9.17, 15) is 9.90 Å². The van der Waals surface area contributed by atoms with E-state index in [2.05, 4.69) is 20.5 Å². The monoisotopic (exact) mass is 454 g/mol. The van der Waals surface area contributed by atoms with Gasteiger partial charge in [-0.2, -0.15) is 0 Å². The van der Waals surface area contributed by atoms with Gasteiger partial charge in [0, 0.05) is 40.7 Å². The molecule has 0 bridgehead atoms. The average molecular weight is 455 g/mol. The Morgan fingerprint density at radius 2 is 1.76 bits per heavy atom. The van der Waals surface area contributed by atoms with Crippen molar-refractivity contribution in [3.63, 3.8) is 0 Å². The molecule has 1 amide bonds. The fourth-order valence-corrected chi connectivity index (χ4v) is 3.75. The molecule has 0 fully saturated rings. The topological polar surface area (TPSA) is 97.9 Å². The largest absolute Gasteiger partial charge is 0.505 e. The molecule has 3 aromatic heterocycles. The van der Waals surface area contributed by atoms with E-state index in [0.717, 1.165) is 10.9 Å². The zero-order valence-electron chi connectivity index (χ0n) is 17.3. The number of rotatable bonds is 5. The molecule has 5 aromatic rings. The van der Waals surface area contributed by atoms with Crippen LogP contribution >= 0.6 is 12.2 Å². The summed E-state index contributed by atoms with van der Waals surface area (Å²) in [6, 6.07) is 20.1. The summed E-state index contributed by atoms with van der Waals surface area (Å²) in [5, 5.41) is 16.3. The van der Waals surface area contributed by atoms with Crippen molar-refractivity contribution in [3.05, 3.63) is 101 Å². The lowest BCUT2D eigenvalue weighted by Gasteiger charge is -2.09. The van der Waals surface area contributed by atoms with Crippen molar-refractivity contribution in [2.75, 3.05) is 5.43 Å². The lowest BCUT2D eigenvalue weighted by molar-refractivity contribution is 0.101. The highest BCUT2D eigenvalue weighted by Gasteiger charge is 2.17. The van der Waals surface area contributed by atoms with Gasteiger partial charge in [-0.15, -0.1) is 5.10 Å². The Hall–Kier alpha value is -4.37. The zero-order valence-corrected chi connectivity index (χ0v) is 18.1. The molecule has 3 heterocycles. The van der Waals surface area contributed by atoms with Gasteiger partial charge < -0.3 is 5.11 Å². The second-order valence-corrected chi connectivity index (χ2v) is 7.66. The molecule has 0 saturated carbocycles. The summed E-state index contributed by atoms with van der Waals surface area (Å²) in [7, 11) is 0. The van der Waals surface area contributed by atoms with Gasteiger partial charge in [-0.3, -0.25) is 20.2 Å². The van der Waals surface area contributed by atoms with E-state index >= 15 is 0 Å². The molecule has 0 unspecified atom stereocenters. The summed E-state index contributed by atoms with van der Waals surface area (Å²) < 4.78 is 3.31. The van der Waals surface area contributed by atoms with Crippen molar-refractivity contribution in [1.29, 1.82) is 0 Å². The Bertz CT molecular complexity index is 1510. The number of benzene rings is 2. The number of hydrogen-bond acceptors (Lipinski definition) is 6. The van der Waals surface area contributed by atoms with Gasteiger partial charge in [-0.1, -0.05) is 48.5 Å². The number of carbonyl (C=O) groups excluding carboxylic acids is 1. The van der Waals surface area contributed by atoms with Crippen molar-refractivity contribution >= 4 is 29.0 Å². The van der Waals surface area contributed by atoms with Crippen LogP contribution in [0.25, 0.3) is 22.3 Å². The van der Waals surface area contributed by atoms with Crippen LogP contribution in [0.1, 0.15) is 15.9 Å². The Labute approximate surface area is 193 Å². The van der Waals surface area contributed by atoms with E-state index in [4.69, 9.17) is 12.2 Å². The number of aromatic hydroxyl groups is 1. The number of phenolic OH excluding ortho intramolecular Hbond substituents is 1. The molecular weight excluding hydrogens is 436 g/mol. The first-order valence-corrected chi connectivity index (χ1v) is 10.5. The molecule has 0 spiro atoms. The molecule has 0 aliphatic heterocycles. The number of hydrogen-bond donors (Lipinski definition) is 2. The molecule has 8 nitrogen and oxygen atoms in total. The summed E-state index contributed by atoms with van der Waals surface area (Å²) in [4.78, 5) is 21.0. The van der Waals surface area contributed by atoms with E-state index < -0.39 is 0 Å². The van der Waals surface area contributed by atoms with Crippen LogP contribution in [-0.4, -0.2) is 35.4 Å².